The van der Waals surface area contributed by atoms with Crippen LogP contribution >= 0.6 is 0 Å². The van der Waals surface area contributed by atoms with Crippen molar-refractivity contribution in [3.63, 3.8) is 0 Å². The molecule has 1 amide bonds. The van der Waals surface area contributed by atoms with E-state index in [0.29, 0.717) is 35.2 Å². The van der Waals surface area contributed by atoms with E-state index in [1.165, 1.54) is 12.1 Å². The topological polar surface area (TPSA) is 36.4 Å². The number of aromatic nitrogens is 1. The van der Waals surface area contributed by atoms with Crippen molar-refractivity contribution in [2.24, 2.45) is 0 Å². The summed E-state index contributed by atoms with van der Waals surface area (Å²) in [4.78, 5) is 21.0. The largest absolute Gasteiger partial charge is 0.338 e. The summed E-state index contributed by atoms with van der Waals surface area (Å²) in [6.07, 6.45) is 0. The predicted molar refractivity (Wildman–Crippen MR) is 86.6 cm³/mol. The zero-order valence-electron chi connectivity index (χ0n) is 13.6. The van der Waals surface area contributed by atoms with Crippen molar-refractivity contribution in [1.82, 2.24) is 14.8 Å². The van der Waals surface area contributed by atoms with Crippen molar-refractivity contribution in [3.8, 4) is 0 Å². The third kappa shape index (κ3) is 3.60. The van der Waals surface area contributed by atoms with Crippen molar-refractivity contribution in [2.75, 3.05) is 33.7 Å². The molecule has 0 bridgehead atoms. The van der Waals surface area contributed by atoms with Gasteiger partial charge in [-0.2, -0.15) is 0 Å². The Kier molecular flexibility index (Phi) is 5.08. The van der Waals surface area contributed by atoms with E-state index in [1.807, 2.05) is 32.8 Å². The smallest absolute Gasteiger partial charge is 0.254 e. The van der Waals surface area contributed by atoms with Gasteiger partial charge in [-0.3, -0.25) is 9.78 Å². The number of likely N-dealkylation sites (N-methyl/N-ethyl adjacent to an activating group) is 2. The average molecular weight is 303 g/mol. The van der Waals surface area contributed by atoms with Crippen LogP contribution in [0.3, 0.4) is 0 Å². The number of hydrogen-bond acceptors (Lipinski definition) is 3. The Morgan fingerprint density at radius 3 is 2.59 bits per heavy atom. The molecule has 0 aliphatic carbocycles. The summed E-state index contributed by atoms with van der Waals surface area (Å²) in [6.45, 7) is 5.88. The Bertz CT molecular complexity index is 680. The fourth-order valence-electron chi connectivity index (χ4n) is 2.41. The van der Waals surface area contributed by atoms with Crippen LogP contribution in [-0.2, 0) is 0 Å². The van der Waals surface area contributed by atoms with Gasteiger partial charge in [-0.15, -0.1) is 0 Å². The molecule has 5 heteroatoms. The van der Waals surface area contributed by atoms with Crippen molar-refractivity contribution in [2.45, 2.75) is 13.8 Å². The van der Waals surface area contributed by atoms with Crippen LogP contribution in [0, 0.1) is 12.7 Å². The molecular formula is C17H22FN3O. The SMILES string of the molecule is CCN(CCN(C)C)C(=O)c1cc(C)nc2cc(F)ccc12. The minimum absolute atomic E-state index is 0.0357. The van der Waals surface area contributed by atoms with Gasteiger partial charge in [-0.1, -0.05) is 0 Å². The summed E-state index contributed by atoms with van der Waals surface area (Å²) < 4.78 is 13.4. The zero-order valence-corrected chi connectivity index (χ0v) is 13.6. The van der Waals surface area contributed by atoms with Gasteiger partial charge in [0.1, 0.15) is 5.82 Å². The number of halogens is 1. The molecule has 22 heavy (non-hydrogen) atoms. The summed E-state index contributed by atoms with van der Waals surface area (Å²) in [7, 11) is 3.96. The first-order chi connectivity index (χ1) is 10.4. The monoisotopic (exact) mass is 303 g/mol. The minimum Gasteiger partial charge on any atom is -0.338 e. The van der Waals surface area contributed by atoms with Crippen LogP contribution in [0.5, 0.6) is 0 Å². The van der Waals surface area contributed by atoms with Gasteiger partial charge in [0.05, 0.1) is 11.1 Å². The van der Waals surface area contributed by atoms with E-state index < -0.39 is 0 Å². The van der Waals surface area contributed by atoms with Crippen LogP contribution in [0.1, 0.15) is 23.0 Å². The van der Waals surface area contributed by atoms with E-state index in [-0.39, 0.29) is 11.7 Å². The molecule has 2 rings (SSSR count). The van der Waals surface area contributed by atoms with Gasteiger partial charge in [-0.05, 0) is 46.1 Å². The molecule has 4 nitrogen and oxygen atoms in total. The first kappa shape index (κ1) is 16.4. The van der Waals surface area contributed by atoms with Crippen molar-refractivity contribution >= 4 is 16.8 Å². The molecule has 1 aromatic heterocycles. The molecule has 0 spiro atoms. The molecule has 0 radical (unpaired) electrons. The second-order valence-electron chi connectivity index (χ2n) is 5.66. The molecule has 0 unspecified atom stereocenters. The maximum absolute atomic E-state index is 13.4. The Morgan fingerprint density at radius 1 is 1.23 bits per heavy atom. The third-order valence-electron chi connectivity index (χ3n) is 3.62. The summed E-state index contributed by atoms with van der Waals surface area (Å²) >= 11 is 0. The number of carbonyl (C=O) groups is 1. The molecule has 0 atom stereocenters. The van der Waals surface area contributed by atoms with Crippen molar-refractivity contribution < 1.29 is 9.18 Å². The van der Waals surface area contributed by atoms with E-state index in [9.17, 15) is 9.18 Å². The van der Waals surface area contributed by atoms with E-state index in [1.54, 1.807) is 17.0 Å². The summed E-state index contributed by atoms with van der Waals surface area (Å²) in [5.74, 6) is -0.379. The molecule has 0 aliphatic heterocycles. The molecule has 0 saturated carbocycles. The van der Waals surface area contributed by atoms with Gasteiger partial charge in [0.25, 0.3) is 5.91 Å². The highest BCUT2D eigenvalue weighted by Gasteiger charge is 2.18. The number of carbonyl (C=O) groups excluding carboxylic acids is 1. The standard InChI is InChI=1S/C17H22FN3O/c1-5-21(9-8-20(3)4)17(22)15-10-12(2)19-16-11-13(18)6-7-14(15)16/h6-7,10-11H,5,8-9H2,1-4H3. The first-order valence-electron chi connectivity index (χ1n) is 7.43. The molecule has 0 fully saturated rings. The quantitative estimate of drug-likeness (QED) is 0.852. The number of hydrogen-bond donors (Lipinski definition) is 0. The molecule has 1 heterocycles. The highest BCUT2D eigenvalue weighted by molar-refractivity contribution is 6.06. The van der Waals surface area contributed by atoms with Crippen molar-refractivity contribution in [3.05, 3.63) is 41.3 Å². The van der Waals surface area contributed by atoms with Gasteiger partial charge in [0, 0.05) is 36.8 Å². The van der Waals surface area contributed by atoms with Crippen LogP contribution in [0.25, 0.3) is 10.9 Å². The first-order valence-corrected chi connectivity index (χ1v) is 7.43. The average Bonchev–Trinajstić information content (AvgIpc) is 2.45. The van der Waals surface area contributed by atoms with Gasteiger partial charge in [0.15, 0.2) is 0 Å². The lowest BCUT2D eigenvalue weighted by Crippen LogP contribution is -2.36. The van der Waals surface area contributed by atoms with Gasteiger partial charge < -0.3 is 9.80 Å². The molecule has 118 valence electrons. The lowest BCUT2D eigenvalue weighted by Gasteiger charge is -2.23. The molecule has 0 saturated heterocycles. The number of rotatable bonds is 5. The fourth-order valence-corrected chi connectivity index (χ4v) is 2.41. The van der Waals surface area contributed by atoms with E-state index in [4.69, 9.17) is 0 Å². The molecular weight excluding hydrogens is 281 g/mol. The van der Waals surface area contributed by atoms with Crippen LogP contribution in [0.15, 0.2) is 24.3 Å². The Labute approximate surface area is 130 Å². The number of amides is 1. The maximum atomic E-state index is 13.4. The number of nitrogens with zero attached hydrogens (tertiary/aromatic N) is 3. The highest BCUT2D eigenvalue weighted by atomic mass is 19.1. The number of pyridine rings is 1. The normalized spacial score (nSPS) is 11.2. The molecule has 2 aromatic rings. The Balaban J connectivity index is 2.41. The maximum Gasteiger partial charge on any atom is 0.254 e. The second-order valence-corrected chi connectivity index (χ2v) is 5.66. The van der Waals surface area contributed by atoms with Crippen LogP contribution in [-0.4, -0.2) is 54.4 Å². The second kappa shape index (κ2) is 6.83. The predicted octanol–water partition coefficient (Wildman–Crippen LogP) is 2.71. The zero-order chi connectivity index (χ0) is 16.3. The minimum atomic E-state index is -0.344. The lowest BCUT2D eigenvalue weighted by atomic mass is 10.1. The fraction of sp³-hybridized carbons (Fsp3) is 0.412. The van der Waals surface area contributed by atoms with Crippen LogP contribution in [0.4, 0.5) is 4.39 Å². The van der Waals surface area contributed by atoms with E-state index in [2.05, 4.69) is 4.98 Å². The lowest BCUT2D eigenvalue weighted by molar-refractivity contribution is 0.0756. The van der Waals surface area contributed by atoms with Gasteiger partial charge in [0.2, 0.25) is 0 Å². The summed E-state index contributed by atoms with van der Waals surface area (Å²) in [5, 5.41) is 0.695. The third-order valence-corrected chi connectivity index (χ3v) is 3.62. The van der Waals surface area contributed by atoms with Crippen LogP contribution in [0.2, 0.25) is 0 Å². The molecule has 0 aliphatic rings. The summed E-state index contributed by atoms with van der Waals surface area (Å²) in [6, 6.07) is 6.15. The highest BCUT2D eigenvalue weighted by Crippen LogP contribution is 2.21. The number of fused-ring (bicyclic) bond motifs is 1. The van der Waals surface area contributed by atoms with E-state index >= 15 is 0 Å². The number of aryl methyl sites for hydroxylation is 1. The van der Waals surface area contributed by atoms with Gasteiger partial charge >= 0.3 is 0 Å². The van der Waals surface area contributed by atoms with Gasteiger partial charge in [-0.25, -0.2) is 4.39 Å². The molecule has 1 aromatic carbocycles. The Morgan fingerprint density at radius 2 is 1.95 bits per heavy atom. The summed E-state index contributed by atoms with van der Waals surface area (Å²) in [5.41, 5.74) is 1.82. The molecule has 0 N–H and O–H groups in total. The van der Waals surface area contributed by atoms with Crippen LogP contribution < -0.4 is 0 Å². The number of benzene rings is 1. The Hall–Kier alpha value is -2.01. The van der Waals surface area contributed by atoms with E-state index in [0.717, 1.165) is 6.54 Å². The van der Waals surface area contributed by atoms with Crippen molar-refractivity contribution in [1.29, 1.82) is 0 Å².